The predicted molar refractivity (Wildman–Crippen MR) is 84.0 cm³/mol. The number of hydrogen-bond donors (Lipinski definition) is 1. The number of H-pyrrole nitrogens is 1. The molecule has 0 fully saturated rings. The van der Waals surface area contributed by atoms with E-state index in [0.29, 0.717) is 16.3 Å². The number of nitrogens with zero attached hydrogens (tertiary/aromatic N) is 1. The van der Waals surface area contributed by atoms with E-state index >= 15 is 0 Å². The number of aromatic nitrogens is 1. The van der Waals surface area contributed by atoms with Gasteiger partial charge >= 0.3 is 11.9 Å². The molecule has 1 aliphatic heterocycles. The van der Waals surface area contributed by atoms with Crippen molar-refractivity contribution in [2.24, 2.45) is 0 Å². The third kappa shape index (κ3) is 2.47. The average Bonchev–Trinajstić information content (AvgIpc) is 3.03. The molecule has 1 N–H and O–H groups in total. The molecule has 0 saturated carbocycles. The van der Waals surface area contributed by atoms with Gasteiger partial charge in [0.25, 0.3) is 11.8 Å². The van der Waals surface area contributed by atoms with Crippen molar-refractivity contribution in [2.75, 3.05) is 7.11 Å². The quantitative estimate of drug-likeness (QED) is 0.673. The SMILES string of the molecule is COC(=O)c1[nH]c(C)c(C(=O)ON2C(=O)c3ccccc3C2=O)c1C. The van der Waals surface area contributed by atoms with E-state index < -0.39 is 23.8 Å². The zero-order chi connectivity index (χ0) is 18.3. The zero-order valence-corrected chi connectivity index (χ0v) is 13.7. The van der Waals surface area contributed by atoms with Crippen LogP contribution in [-0.4, -0.2) is 40.9 Å². The Kier molecular flexibility index (Phi) is 3.88. The molecule has 2 heterocycles. The second kappa shape index (κ2) is 5.90. The molecule has 128 valence electrons. The Morgan fingerprint density at radius 3 is 2.08 bits per heavy atom. The summed E-state index contributed by atoms with van der Waals surface area (Å²) in [6.45, 7) is 3.10. The molecule has 2 amide bonds. The normalized spacial score (nSPS) is 13.0. The summed E-state index contributed by atoms with van der Waals surface area (Å²) in [6, 6.07) is 6.17. The highest BCUT2D eigenvalue weighted by molar-refractivity contribution is 6.21. The summed E-state index contributed by atoms with van der Waals surface area (Å²) in [7, 11) is 1.22. The minimum absolute atomic E-state index is 0.0666. The Bertz CT molecular complexity index is 892. The summed E-state index contributed by atoms with van der Waals surface area (Å²) in [4.78, 5) is 56.4. The molecule has 0 aliphatic carbocycles. The average molecular weight is 342 g/mol. The van der Waals surface area contributed by atoms with Gasteiger partial charge in [-0.25, -0.2) is 9.59 Å². The van der Waals surface area contributed by atoms with E-state index in [2.05, 4.69) is 9.72 Å². The highest BCUT2D eigenvalue weighted by atomic mass is 16.7. The Morgan fingerprint density at radius 1 is 1.00 bits per heavy atom. The van der Waals surface area contributed by atoms with Gasteiger partial charge in [-0.05, 0) is 31.5 Å². The van der Waals surface area contributed by atoms with Gasteiger partial charge < -0.3 is 14.6 Å². The van der Waals surface area contributed by atoms with E-state index in [1.165, 1.54) is 26.2 Å². The Morgan fingerprint density at radius 2 is 1.56 bits per heavy atom. The third-order valence-electron chi connectivity index (χ3n) is 3.96. The summed E-state index contributed by atoms with van der Waals surface area (Å²) in [5, 5.41) is 0.427. The molecule has 0 spiro atoms. The second-order valence-electron chi connectivity index (χ2n) is 5.45. The van der Waals surface area contributed by atoms with Crippen LogP contribution in [0.15, 0.2) is 24.3 Å². The number of rotatable bonds is 3. The van der Waals surface area contributed by atoms with Crippen molar-refractivity contribution < 1.29 is 28.8 Å². The van der Waals surface area contributed by atoms with Crippen LogP contribution in [-0.2, 0) is 9.57 Å². The second-order valence-corrected chi connectivity index (χ2v) is 5.45. The van der Waals surface area contributed by atoms with Gasteiger partial charge in [0.05, 0.1) is 23.8 Å². The van der Waals surface area contributed by atoms with Crippen LogP contribution in [0, 0.1) is 13.8 Å². The van der Waals surface area contributed by atoms with E-state index in [4.69, 9.17) is 4.84 Å². The number of imide groups is 1. The Balaban J connectivity index is 1.90. The zero-order valence-electron chi connectivity index (χ0n) is 13.7. The molecule has 2 aromatic rings. The van der Waals surface area contributed by atoms with Crippen LogP contribution < -0.4 is 0 Å². The maximum Gasteiger partial charge on any atom is 0.366 e. The van der Waals surface area contributed by atoms with Crippen molar-refractivity contribution in [3.8, 4) is 0 Å². The van der Waals surface area contributed by atoms with Crippen LogP contribution in [0.5, 0.6) is 0 Å². The van der Waals surface area contributed by atoms with Gasteiger partial charge in [0, 0.05) is 5.69 Å². The van der Waals surface area contributed by atoms with Crippen molar-refractivity contribution in [3.05, 3.63) is 57.9 Å². The van der Waals surface area contributed by atoms with Gasteiger partial charge in [0.15, 0.2) is 0 Å². The lowest BCUT2D eigenvalue weighted by atomic mass is 10.1. The number of carbonyl (C=O) groups excluding carboxylic acids is 4. The molecule has 0 radical (unpaired) electrons. The van der Waals surface area contributed by atoms with Gasteiger partial charge in [-0.2, -0.15) is 0 Å². The van der Waals surface area contributed by atoms with E-state index in [9.17, 15) is 19.2 Å². The number of aromatic amines is 1. The van der Waals surface area contributed by atoms with Crippen LogP contribution in [0.25, 0.3) is 0 Å². The molecular weight excluding hydrogens is 328 g/mol. The predicted octanol–water partition coefficient (Wildman–Crippen LogP) is 1.79. The van der Waals surface area contributed by atoms with Crippen LogP contribution in [0.1, 0.15) is 52.8 Å². The molecule has 1 aromatic carbocycles. The largest absolute Gasteiger partial charge is 0.464 e. The summed E-state index contributed by atoms with van der Waals surface area (Å²) >= 11 is 0. The van der Waals surface area contributed by atoms with Crippen molar-refractivity contribution in [2.45, 2.75) is 13.8 Å². The summed E-state index contributed by atoms with van der Waals surface area (Å²) in [5.41, 5.74) is 1.17. The first-order valence-electron chi connectivity index (χ1n) is 7.34. The van der Waals surface area contributed by atoms with Crippen molar-refractivity contribution in [3.63, 3.8) is 0 Å². The number of benzene rings is 1. The number of hydrogen-bond acceptors (Lipinski definition) is 6. The van der Waals surface area contributed by atoms with Crippen molar-refractivity contribution in [1.29, 1.82) is 0 Å². The molecule has 25 heavy (non-hydrogen) atoms. The number of fused-ring (bicyclic) bond motifs is 1. The number of ether oxygens (including phenoxy) is 1. The topological polar surface area (TPSA) is 106 Å². The number of amides is 2. The number of methoxy groups -OCH3 is 1. The first kappa shape index (κ1) is 16.4. The summed E-state index contributed by atoms with van der Waals surface area (Å²) in [5.74, 6) is -2.99. The van der Waals surface area contributed by atoms with Crippen LogP contribution in [0.4, 0.5) is 0 Å². The lowest BCUT2D eigenvalue weighted by Crippen LogP contribution is -2.33. The molecular formula is C17H14N2O6. The molecule has 3 rings (SSSR count). The van der Waals surface area contributed by atoms with Crippen molar-refractivity contribution in [1.82, 2.24) is 10.0 Å². The minimum Gasteiger partial charge on any atom is -0.464 e. The molecule has 1 aromatic heterocycles. The standard InChI is InChI=1S/C17H14N2O6/c1-8-12(9(2)18-13(8)17(23)24-3)16(22)25-19-14(20)10-6-4-5-7-11(10)15(19)21/h4-7,18H,1-3H3. The first-order valence-corrected chi connectivity index (χ1v) is 7.34. The fourth-order valence-corrected chi connectivity index (χ4v) is 2.74. The lowest BCUT2D eigenvalue weighted by molar-refractivity contribution is -0.0585. The van der Waals surface area contributed by atoms with Crippen LogP contribution in [0.3, 0.4) is 0 Å². The number of hydroxylamine groups is 2. The fourth-order valence-electron chi connectivity index (χ4n) is 2.74. The molecule has 0 atom stereocenters. The monoisotopic (exact) mass is 342 g/mol. The minimum atomic E-state index is -0.920. The third-order valence-corrected chi connectivity index (χ3v) is 3.96. The number of nitrogens with one attached hydrogen (secondary N) is 1. The molecule has 0 bridgehead atoms. The molecule has 8 nitrogen and oxygen atoms in total. The van der Waals surface area contributed by atoms with Gasteiger partial charge in [0.1, 0.15) is 5.69 Å². The Hall–Kier alpha value is -3.42. The highest BCUT2D eigenvalue weighted by Crippen LogP contribution is 2.25. The smallest absolute Gasteiger partial charge is 0.366 e. The van der Waals surface area contributed by atoms with Gasteiger partial charge in [-0.15, -0.1) is 0 Å². The van der Waals surface area contributed by atoms with Gasteiger partial charge in [-0.3, -0.25) is 9.59 Å². The number of aryl methyl sites for hydroxylation is 1. The Labute approximate surface area is 142 Å². The molecule has 0 saturated heterocycles. The number of esters is 1. The van der Waals surface area contributed by atoms with Crippen LogP contribution in [0.2, 0.25) is 0 Å². The first-order chi connectivity index (χ1) is 11.9. The van der Waals surface area contributed by atoms with E-state index in [1.807, 2.05) is 0 Å². The molecule has 8 heteroatoms. The lowest BCUT2D eigenvalue weighted by Gasteiger charge is -2.13. The molecule has 1 aliphatic rings. The van der Waals surface area contributed by atoms with Crippen LogP contribution >= 0.6 is 0 Å². The van der Waals surface area contributed by atoms with E-state index in [0.717, 1.165) is 0 Å². The summed E-state index contributed by atoms with van der Waals surface area (Å²) < 4.78 is 4.63. The van der Waals surface area contributed by atoms with Gasteiger partial charge in [-0.1, -0.05) is 17.2 Å². The van der Waals surface area contributed by atoms with Gasteiger partial charge in [0.2, 0.25) is 0 Å². The maximum atomic E-state index is 12.5. The van der Waals surface area contributed by atoms with Crippen molar-refractivity contribution >= 4 is 23.8 Å². The van der Waals surface area contributed by atoms with E-state index in [1.54, 1.807) is 19.1 Å². The fraction of sp³-hybridized carbons (Fsp3) is 0.176. The number of carbonyl (C=O) groups is 4. The molecule has 0 unspecified atom stereocenters. The van der Waals surface area contributed by atoms with E-state index in [-0.39, 0.29) is 22.4 Å². The summed E-state index contributed by atoms with van der Waals surface area (Å²) in [6.07, 6.45) is 0. The highest BCUT2D eigenvalue weighted by Gasteiger charge is 2.39. The maximum absolute atomic E-state index is 12.5.